The molecule has 5 nitrogen and oxygen atoms in total. The van der Waals surface area contributed by atoms with Crippen LogP contribution < -0.4 is 19.7 Å². The van der Waals surface area contributed by atoms with Gasteiger partial charge in [-0.1, -0.05) is 24.3 Å². The topological polar surface area (TPSA) is 52.0 Å². The fourth-order valence-electron chi connectivity index (χ4n) is 2.35. The molecular weight excluding hydrogens is 304 g/mol. The Balaban J connectivity index is 1.77. The van der Waals surface area contributed by atoms with Crippen LogP contribution in [-0.4, -0.2) is 39.3 Å². The van der Waals surface area contributed by atoms with Crippen molar-refractivity contribution in [1.82, 2.24) is 0 Å². The van der Waals surface area contributed by atoms with E-state index in [9.17, 15) is 4.79 Å². The van der Waals surface area contributed by atoms with Crippen molar-refractivity contribution in [2.24, 2.45) is 0 Å². The van der Waals surface area contributed by atoms with Crippen LogP contribution in [0.5, 0.6) is 11.5 Å². The lowest BCUT2D eigenvalue weighted by atomic mass is 10.3. The highest BCUT2D eigenvalue weighted by Gasteiger charge is 2.13. The molecule has 5 heteroatoms. The number of likely N-dealkylation sites (N-methyl/N-ethyl adjacent to an activating group) is 1. The van der Waals surface area contributed by atoms with E-state index in [4.69, 9.17) is 9.47 Å². The number of hydrogen-bond acceptors (Lipinski definition) is 3. The molecule has 0 saturated carbocycles. The van der Waals surface area contributed by atoms with Gasteiger partial charge in [0.05, 0.1) is 13.7 Å². The number of para-hydroxylation sites is 1. The summed E-state index contributed by atoms with van der Waals surface area (Å²) in [7, 11) is 1.61. The van der Waals surface area contributed by atoms with Gasteiger partial charge in [-0.25, -0.2) is 0 Å². The quantitative estimate of drug-likeness (QED) is 0.735. The van der Waals surface area contributed by atoms with Crippen molar-refractivity contribution < 1.29 is 19.2 Å². The second kappa shape index (κ2) is 9.57. The Morgan fingerprint density at radius 2 is 1.83 bits per heavy atom. The van der Waals surface area contributed by atoms with E-state index in [0.29, 0.717) is 13.2 Å². The lowest BCUT2D eigenvalue weighted by Crippen LogP contribution is -3.13. The molecule has 1 unspecified atom stereocenters. The van der Waals surface area contributed by atoms with Gasteiger partial charge in [-0.15, -0.1) is 0 Å². The van der Waals surface area contributed by atoms with E-state index in [1.165, 1.54) is 4.90 Å². The number of rotatable bonds is 9. The number of carbonyl (C=O) groups excluding carboxylic acids is 1. The number of hydrogen-bond donors (Lipinski definition) is 2. The van der Waals surface area contributed by atoms with Gasteiger partial charge < -0.3 is 19.7 Å². The second-order valence-corrected chi connectivity index (χ2v) is 5.47. The average molecular weight is 329 g/mol. The van der Waals surface area contributed by atoms with E-state index >= 15 is 0 Å². The Hall–Kier alpha value is -2.53. The maximum absolute atomic E-state index is 12.2. The molecule has 128 valence electrons. The zero-order chi connectivity index (χ0) is 17.2. The Bertz CT molecular complexity index is 632. The second-order valence-electron chi connectivity index (χ2n) is 5.47. The van der Waals surface area contributed by atoms with Gasteiger partial charge in [-0.2, -0.15) is 0 Å². The van der Waals surface area contributed by atoms with Crippen LogP contribution in [0, 0.1) is 0 Å². The maximum Gasteiger partial charge on any atom is 0.279 e. The molecule has 2 rings (SSSR count). The molecule has 2 N–H and O–H groups in total. The molecule has 2 aromatic carbocycles. The first-order valence-corrected chi connectivity index (χ1v) is 8.16. The van der Waals surface area contributed by atoms with Crippen LogP contribution in [0.2, 0.25) is 0 Å². The van der Waals surface area contributed by atoms with E-state index in [1.54, 1.807) is 7.11 Å². The lowest BCUT2D eigenvalue weighted by Gasteiger charge is -2.17. The summed E-state index contributed by atoms with van der Waals surface area (Å²) < 4.78 is 10.9. The van der Waals surface area contributed by atoms with Gasteiger partial charge >= 0.3 is 0 Å². The molecular formula is C19H25N2O3+. The fraction of sp³-hybridized carbons (Fsp3) is 0.316. The van der Waals surface area contributed by atoms with Gasteiger partial charge in [0.1, 0.15) is 24.7 Å². The van der Waals surface area contributed by atoms with Crippen LogP contribution >= 0.6 is 0 Å². The molecule has 1 amide bonds. The summed E-state index contributed by atoms with van der Waals surface area (Å²) in [6, 6.07) is 17.1. The van der Waals surface area contributed by atoms with E-state index in [1.807, 2.05) is 54.6 Å². The van der Waals surface area contributed by atoms with Gasteiger partial charge in [-0.3, -0.25) is 4.79 Å². The largest absolute Gasteiger partial charge is 0.497 e. The number of ether oxygens (including phenoxy) is 2. The van der Waals surface area contributed by atoms with E-state index in [2.05, 4.69) is 12.2 Å². The highest BCUT2D eigenvalue weighted by molar-refractivity contribution is 5.91. The molecule has 2 aromatic rings. The SMILES string of the molecule is CC[NH+](CCOc1ccccc1)CC(=O)Nc1cccc(OC)c1. The molecule has 0 saturated heterocycles. The van der Waals surface area contributed by atoms with Gasteiger partial charge in [0.25, 0.3) is 5.91 Å². The van der Waals surface area contributed by atoms with Crippen LogP contribution in [0.4, 0.5) is 5.69 Å². The minimum absolute atomic E-state index is 0.0141. The minimum Gasteiger partial charge on any atom is -0.497 e. The monoisotopic (exact) mass is 329 g/mol. The predicted molar refractivity (Wildman–Crippen MR) is 94.8 cm³/mol. The Morgan fingerprint density at radius 3 is 2.54 bits per heavy atom. The van der Waals surface area contributed by atoms with Crippen molar-refractivity contribution in [2.45, 2.75) is 6.92 Å². The number of quaternary nitrogens is 1. The summed E-state index contributed by atoms with van der Waals surface area (Å²) in [5, 5.41) is 2.91. The molecule has 0 fully saturated rings. The Morgan fingerprint density at radius 1 is 1.08 bits per heavy atom. The number of anilines is 1. The molecule has 0 aromatic heterocycles. The summed E-state index contributed by atoms with van der Waals surface area (Å²) in [5.74, 6) is 1.57. The number of carbonyl (C=O) groups is 1. The lowest BCUT2D eigenvalue weighted by molar-refractivity contribution is -0.889. The molecule has 0 radical (unpaired) electrons. The highest BCUT2D eigenvalue weighted by atomic mass is 16.5. The van der Waals surface area contributed by atoms with Gasteiger partial charge in [0.2, 0.25) is 0 Å². The van der Waals surface area contributed by atoms with Crippen molar-refractivity contribution in [3.63, 3.8) is 0 Å². The summed E-state index contributed by atoms with van der Waals surface area (Å²) in [5.41, 5.74) is 0.746. The van der Waals surface area contributed by atoms with Crippen molar-refractivity contribution in [1.29, 1.82) is 0 Å². The molecule has 0 bridgehead atoms. The molecule has 0 heterocycles. The molecule has 24 heavy (non-hydrogen) atoms. The summed E-state index contributed by atoms with van der Waals surface area (Å²) in [4.78, 5) is 13.4. The third-order valence-corrected chi connectivity index (χ3v) is 3.73. The molecule has 1 atom stereocenters. The van der Waals surface area contributed by atoms with Gasteiger partial charge in [0.15, 0.2) is 6.54 Å². The zero-order valence-corrected chi connectivity index (χ0v) is 14.2. The number of amides is 1. The molecule has 0 aliphatic heterocycles. The van der Waals surface area contributed by atoms with Crippen LogP contribution in [0.3, 0.4) is 0 Å². The van der Waals surface area contributed by atoms with Crippen molar-refractivity contribution >= 4 is 11.6 Å². The Labute approximate surface area is 143 Å². The first kappa shape index (κ1) is 17.8. The average Bonchev–Trinajstić information content (AvgIpc) is 2.62. The van der Waals surface area contributed by atoms with E-state index in [-0.39, 0.29) is 5.91 Å². The van der Waals surface area contributed by atoms with Crippen LogP contribution in [0.15, 0.2) is 54.6 Å². The molecule has 0 spiro atoms. The predicted octanol–water partition coefficient (Wildman–Crippen LogP) is 1.62. The smallest absolute Gasteiger partial charge is 0.279 e. The van der Waals surface area contributed by atoms with Crippen molar-refractivity contribution in [2.75, 3.05) is 38.7 Å². The van der Waals surface area contributed by atoms with Crippen LogP contribution in [0.25, 0.3) is 0 Å². The highest BCUT2D eigenvalue weighted by Crippen LogP contribution is 2.16. The molecule has 0 aliphatic carbocycles. The van der Waals surface area contributed by atoms with Crippen molar-refractivity contribution in [3.8, 4) is 11.5 Å². The third-order valence-electron chi connectivity index (χ3n) is 3.73. The maximum atomic E-state index is 12.2. The third kappa shape index (κ3) is 5.93. The van der Waals surface area contributed by atoms with Crippen LogP contribution in [0.1, 0.15) is 6.92 Å². The van der Waals surface area contributed by atoms with Crippen molar-refractivity contribution in [3.05, 3.63) is 54.6 Å². The molecule has 0 aliphatic rings. The van der Waals surface area contributed by atoms with E-state index in [0.717, 1.165) is 30.3 Å². The number of nitrogens with one attached hydrogen (secondary N) is 2. The van der Waals surface area contributed by atoms with Crippen LogP contribution in [-0.2, 0) is 4.79 Å². The number of methoxy groups -OCH3 is 1. The summed E-state index contributed by atoms with van der Waals surface area (Å²) >= 11 is 0. The van der Waals surface area contributed by atoms with Gasteiger partial charge in [0, 0.05) is 11.8 Å². The van der Waals surface area contributed by atoms with E-state index < -0.39 is 0 Å². The zero-order valence-electron chi connectivity index (χ0n) is 14.2. The summed E-state index contributed by atoms with van der Waals surface area (Å²) in [6.45, 7) is 4.70. The summed E-state index contributed by atoms with van der Waals surface area (Å²) in [6.07, 6.45) is 0. The van der Waals surface area contributed by atoms with Gasteiger partial charge in [-0.05, 0) is 31.2 Å². The fourth-order valence-corrected chi connectivity index (χ4v) is 2.35. The number of benzene rings is 2. The minimum atomic E-state index is -0.0141. The Kier molecular flexibility index (Phi) is 7.11. The first-order chi connectivity index (χ1) is 11.7. The normalized spacial score (nSPS) is 11.6. The first-order valence-electron chi connectivity index (χ1n) is 8.16. The standard InChI is InChI=1S/C19H24N2O3/c1-3-21(12-13-24-17-9-5-4-6-10-17)15-19(22)20-16-8-7-11-18(14-16)23-2/h4-11,14H,3,12-13,15H2,1-2H3,(H,20,22)/p+1.